The van der Waals surface area contributed by atoms with Gasteiger partial charge in [-0.2, -0.15) is 0 Å². The lowest BCUT2D eigenvalue weighted by Gasteiger charge is -2.04. The van der Waals surface area contributed by atoms with E-state index in [1.165, 1.54) is 18.2 Å². The van der Waals surface area contributed by atoms with Crippen LogP contribution in [-0.4, -0.2) is 8.42 Å². The highest BCUT2D eigenvalue weighted by molar-refractivity contribution is 8.13. The molecule has 0 saturated carbocycles. The Bertz CT molecular complexity index is 376. The van der Waals surface area contributed by atoms with Gasteiger partial charge in [0, 0.05) is 16.7 Å². The zero-order valence-corrected chi connectivity index (χ0v) is 7.47. The van der Waals surface area contributed by atoms with Crippen LogP contribution < -0.4 is 5.48 Å². The number of halogens is 1. The Hall–Kier alpha value is -0.620. The summed E-state index contributed by atoms with van der Waals surface area (Å²) in [6.45, 7) is 0. The summed E-state index contributed by atoms with van der Waals surface area (Å²) < 4.78 is 21.6. The van der Waals surface area contributed by atoms with Crippen LogP contribution in [0.5, 0.6) is 0 Å². The van der Waals surface area contributed by atoms with Crippen molar-refractivity contribution in [3.8, 4) is 0 Å². The molecule has 0 heterocycles. The SMILES string of the molecule is O=S(=O)(Cl)c1ccccc1[NH2+][O-]. The lowest BCUT2D eigenvalue weighted by molar-refractivity contribution is -0.499. The van der Waals surface area contributed by atoms with Crippen molar-refractivity contribution >= 4 is 25.4 Å². The molecule has 0 unspecified atom stereocenters. The molecule has 0 radical (unpaired) electrons. The Morgan fingerprint density at radius 1 is 1.33 bits per heavy atom. The van der Waals surface area contributed by atoms with Gasteiger partial charge in [0.2, 0.25) is 0 Å². The molecule has 0 amide bonds. The lowest BCUT2D eigenvalue weighted by atomic mass is 10.3. The van der Waals surface area contributed by atoms with Gasteiger partial charge >= 0.3 is 0 Å². The van der Waals surface area contributed by atoms with Crippen LogP contribution in [0.1, 0.15) is 0 Å². The van der Waals surface area contributed by atoms with Gasteiger partial charge in [0.05, 0.1) is 0 Å². The highest BCUT2D eigenvalue weighted by Crippen LogP contribution is 2.19. The van der Waals surface area contributed by atoms with Crippen LogP contribution in [0.25, 0.3) is 0 Å². The van der Waals surface area contributed by atoms with Gasteiger partial charge in [0.1, 0.15) is 10.6 Å². The quantitative estimate of drug-likeness (QED) is 0.431. The number of hydrogen-bond acceptors (Lipinski definition) is 3. The molecular formula is C6H6ClNO3S. The lowest BCUT2D eigenvalue weighted by Crippen LogP contribution is -2.70. The number of benzene rings is 1. The summed E-state index contributed by atoms with van der Waals surface area (Å²) in [5.41, 5.74) is 0.530. The second kappa shape index (κ2) is 3.40. The van der Waals surface area contributed by atoms with Crippen molar-refractivity contribution in [2.75, 3.05) is 0 Å². The number of hydrogen-bond donors (Lipinski definition) is 1. The molecule has 1 aromatic carbocycles. The van der Waals surface area contributed by atoms with Crippen LogP contribution in [0.15, 0.2) is 29.2 Å². The number of rotatable bonds is 2. The van der Waals surface area contributed by atoms with Gasteiger partial charge in [-0.05, 0) is 6.07 Å². The van der Waals surface area contributed by atoms with E-state index in [1.807, 2.05) is 0 Å². The van der Waals surface area contributed by atoms with Crippen LogP contribution in [0.4, 0.5) is 5.69 Å². The van der Waals surface area contributed by atoms with Crippen LogP contribution >= 0.6 is 10.7 Å². The largest absolute Gasteiger partial charge is 0.630 e. The summed E-state index contributed by atoms with van der Waals surface area (Å²) >= 11 is 0. The van der Waals surface area contributed by atoms with Gasteiger partial charge in [-0.25, -0.2) is 8.42 Å². The first-order chi connectivity index (χ1) is 5.55. The minimum atomic E-state index is -3.80. The maximum Gasteiger partial charge on any atom is 0.267 e. The van der Waals surface area contributed by atoms with Crippen molar-refractivity contribution in [3.05, 3.63) is 29.5 Å². The molecule has 0 fully saturated rings. The first kappa shape index (κ1) is 9.47. The van der Waals surface area contributed by atoms with E-state index in [2.05, 4.69) is 0 Å². The monoisotopic (exact) mass is 207 g/mol. The van der Waals surface area contributed by atoms with Gasteiger partial charge in [0.25, 0.3) is 9.05 Å². The normalized spacial score (nSPS) is 11.5. The van der Waals surface area contributed by atoms with Crippen molar-refractivity contribution in [1.29, 1.82) is 0 Å². The molecule has 0 aliphatic carbocycles. The third-order valence-corrected chi connectivity index (χ3v) is 2.70. The van der Waals surface area contributed by atoms with Gasteiger partial charge < -0.3 is 10.7 Å². The molecule has 4 nitrogen and oxygen atoms in total. The molecule has 2 N–H and O–H groups in total. The van der Waals surface area contributed by atoms with Crippen LogP contribution in [-0.2, 0) is 9.05 Å². The van der Waals surface area contributed by atoms with Crippen LogP contribution in [0.3, 0.4) is 0 Å². The predicted octanol–water partition coefficient (Wildman–Crippen LogP) is 0.307. The van der Waals surface area contributed by atoms with E-state index in [-0.39, 0.29) is 10.6 Å². The van der Waals surface area contributed by atoms with Crippen LogP contribution in [0, 0.1) is 5.21 Å². The maximum atomic E-state index is 10.8. The zero-order chi connectivity index (χ0) is 9.19. The first-order valence-electron chi connectivity index (χ1n) is 3.04. The Kier molecular flexibility index (Phi) is 2.69. The van der Waals surface area contributed by atoms with Gasteiger partial charge in [-0.3, -0.25) is 0 Å². The average molecular weight is 208 g/mol. The summed E-state index contributed by atoms with van der Waals surface area (Å²) in [7, 11) is 1.25. The highest BCUT2D eigenvalue weighted by atomic mass is 35.7. The van der Waals surface area contributed by atoms with E-state index < -0.39 is 9.05 Å². The Balaban J connectivity index is 3.33. The van der Waals surface area contributed by atoms with E-state index in [1.54, 1.807) is 6.07 Å². The fourth-order valence-electron chi connectivity index (χ4n) is 0.800. The second-order valence-corrected chi connectivity index (χ2v) is 4.63. The average Bonchev–Trinajstić information content (AvgIpc) is 2.03. The molecule has 0 aliphatic heterocycles. The molecule has 0 bridgehead atoms. The molecule has 1 rings (SSSR count). The molecule has 12 heavy (non-hydrogen) atoms. The molecule has 0 atom stereocenters. The fourth-order valence-corrected chi connectivity index (χ4v) is 1.86. The van der Waals surface area contributed by atoms with Crippen molar-refractivity contribution in [2.24, 2.45) is 0 Å². The zero-order valence-electron chi connectivity index (χ0n) is 5.90. The third-order valence-electron chi connectivity index (χ3n) is 1.31. The van der Waals surface area contributed by atoms with Crippen molar-refractivity contribution in [1.82, 2.24) is 0 Å². The molecule has 0 aromatic heterocycles. The summed E-state index contributed by atoms with van der Waals surface area (Å²) in [4.78, 5) is -0.151. The number of quaternary nitrogens is 1. The smallest absolute Gasteiger partial charge is 0.267 e. The summed E-state index contributed by atoms with van der Waals surface area (Å²) in [6.07, 6.45) is 0. The van der Waals surface area contributed by atoms with Gasteiger partial charge in [0.15, 0.2) is 0 Å². The molecule has 66 valence electrons. The van der Waals surface area contributed by atoms with E-state index in [4.69, 9.17) is 10.7 Å². The van der Waals surface area contributed by atoms with E-state index in [0.29, 0.717) is 5.48 Å². The van der Waals surface area contributed by atoms with E-state index in [9.17, 15) is 13.6 Å². The van der Waals surface area contributed by atoms with E-state index >= 15 is 0 Å². The third kappa shape index (κ3) is 1.95. The van der Waals surface area contributed by atoms with Gasteiger partial charge in [-0.15, -0.1) is 0 Å². The Labute approximate surface area is 74.2 Å². The highest BCUT2D eigenvalue weighted by Gasteiger charge is 2.15. The van der Waals surface area contributed by atoms with Crippen molar-refractivity contribution < 1.29 is 13.9 Å². The Morgan fingerprint density at radius 2 is 1.92 bits per heavy atom. The van der Waals surface area contributed by atoms with E-state index in [0.717, 1.165) is 0 Å². The van der Waals surface area contributed by atoms with Crippen molar-refractivity contribution in [3.63, 3.8) is 0 Å². The number of nitrogens with two attached hydrogens (primary N) is 1. The molecular weight excluding hydrogens is 202 g/mol. The molecule has 1 aromatic rings. The maximum absolute atomic E-state index is 10.8. The van der Waals surface area contributed by atoms with Gasteiger partial charge in [-0.1, -0.05) is 12.1 Å². The van der Waals surface area contributed by atoms with Crippen LogP contribution in [0.2, 0.25) is 0 Å². The fraction of sp³-hybridized carbons (Fsp3) is 0. The molecule has 6 heteroatoms. The van der Waals surface area contributed by atoms with Crippen molar-refractivity contribution in [2.45, 2.75) is 4.90 Å². The summed E-state index contributed by atoms with van der Waals surface area (Å²) in [5, 5.41) is 10.4. The topological polar surface area (TPSA) is 73.8 Å². The minimum Gasteiger partial charge on any atom is -0.630 e. The first-order valence-corrected chi connectivity index (χ1v) is 5.35. The molecule has 0 spiro atoms. The molecule has 0 aliphatic rings. The predicted molar refractivity (Wildman–Crippen MR) is 44.4 cm³/mol. The Morgan fingerprint density at radius 3 is 2.33 bits per heavy atom. The summed E-state index contributed by atoms with van der Waals surface area (Å²) in [5.74, 6) is 0. The minimum absolute atomic E-state index is 0.0764. The standard InChI is InChI=1S/C6H6ClNO3S/c7-12(10,11)6-4-2-1-3-5(6)8-9/h1-4H,8H2. The molecule has 0 saturated heterocycles. The summed E-state index contributed by atoms with van der Waals surface area (Å²) in [6, 6.07) is 5.74. The second-order valence-electron chi connectivity index (χ2n) is 2.09.